The molecule has 0 aliphatic carbocycles. The average molecular weight is 339 g/mol. The van der Waals surface area contributed by atoms with Gasteiger partial charge in [-0.25, -0.2) is 4.98 Å². The number of halogens is 1. The summed E-state index contributed by atoms with van der Waals surface area (Å²) >= 11 is 6.01. The molecule has 0 amide bonds. The first kappa shape index (κ1) is 15.0. The molecule has 0 saturated carbocycles. The molecule has 2 heterocycles. The minimum atomic E-state index is -0.0408. The quantitative estimate of drug-likeness (QED) is 0.709. The van der Waals surface area contributed by atoms with E-state index in [1.54, 1.807) is 29.9 Å². The van der Waals surface area contributed by atoms with E-state index >= 15 is 0 Å². The number of aromatic nitrogens is 2. The third kappa shape index (κ3) is 2.39. The van der Waals surface area contributed by atoms with Gasteiger partial charge in [0.1, 0.15) is 11.6 Å². The van der Waals surface area contributed by atoms with Gasteiger partial charge in [-0.1, -0.05) is 29.8 Å². The third-order valence-corrected chi connectivity index (χ3v) is 4.51. The van der Waals surface area contributed by atoms with Gasteiger partial charge in [-0.05, 0) is 42.3 Å². The van der Waals surface area contributed by atoms with E-state index < -0.39 is 0 Å². The highest BCUT2D eigenvalue weighted by Crippen LogP contribution is 2.30. The van der Waals surface area contributed by atoms with Crippen LogP contribution in [0.4, 0.5) is 0 Å². The second-order valence-electron chi connectivity index (χ2n) is 5.72. The molecule has 3 aromatic rings. The SMILES string of the molecule is COc1ccccc1C=C1CCn2c1nc1ccc(Cl)cc1c2=O. The van der Waals surface area contributed by atoms with E-state index in [-0.39, 0.29) is 5.56 Å². The number of hydrogen-bond acceptors (Lipinski definition) is 3. The van der Waals surface area contributed by atoms with Crippen LogP contribution < -0.4 is 10.3 Å². The lowest BCUT2D eigenvalue weighted by Gasteiger charge is -2.07. The molecule has 0 saturated heterocycles. The van der Waals surface area contributed by atoms with E-state index in [2.05, 4.69) is 4.98 Å². The van der Waals surface area contributed by atoms with Crippen molar-refractivity contribution in [2.45, 2.75) is 13.0 Å². The Bertz CT molecular complexity index is 1040. The zero-order chi connectivity index (χ0) is 16.7. The zero-order valence-corrected chi connectivity index (χ0v) is 13.9. The summed E-state index contributed by atoms with van der Waals surface area (Å²) in [5.74, 6) is 1.53. The fraction of sp³-hybridized carbons (Fsp3) is 0.158. The Morgan fingerprint density at radius 2 is 2.08 bits per heavy atom. The molecule has 1 aromatic heterocycles. The Hall–Kier alpha value is -2.59. The Morgan fingerprint density at radius 1 is 1.25 bits per heavy atom. The van der Waals surface area contributed by atoms with Gasteiger partial charge in [0.15, 0.2) is 0 Å². The number of nitrogens with zero attached hydrogens (tertiary/aromatic N) is 2. The van der Waals surface area contributed by atoms with Gasteiger partial charge in [0.05, 0.1) is 18.0 Å². The Balaban J connectivity index is 1.90. The molecule has 0 unspecified atom stereocenters. The molecule has 0 spiro atoms. The largest absolute Gasteiger partial charge is 0.496 e. The van der Waals surface area contributed by atoms with Crippen LogP contribution in [-0.2, 0) is 6.54 Å². The van der Waals surface area contributed by atoms with Gasteiger partial charge in [-0.2, -0.15) is 0 Å². The first-order valence-electron chi connectivity index (χ1n) is 7.71. The molecule has 0 radical (unpaired) electrons. The number of rotatable bonds is 2. The molecule has 1 aliphatic rings. The minimum Gasteiger partial charge on any atom is -0.496 e. The van der Waals surface area contributed by atoms with E-state index in [9.17, 15) is 4.79 Å². The summed E-state index contributed by atoms with van der Waals surface area (Å²) in [7, 11) is 1.65. The summed E-state index contributed by atoms with van der Waals surface area (Å²) in [6.07, 6.45) is 2.82. The molecule has 120 valence electrons. The topological polar surface area (TPSA) is 44.1 Å². The summed E-state index contributed by atoms with van der Waals surface area (Å²) < 4.78 is 7.12. The van der Waals surface area contributed by atoms with Crippen molar-refractivity contribution in [1.82, 2.24) is 9.55 Å². The van der Waals surface area contributed by atoms with Crippen LogP contribution in [-0.4, -0.2) is 16.7 Å². The molecule has 1 aliphatic heterocycles. The summed E-state index contributed by atoms with van der Waals surface area (Å²) in [6, 6.07) is 13.0. The molecule has 0 N–H and O–H groups in total. The summed E-state index contributed by atoms with van der Waals surface area (Å²) in [5, 5.41) is 1.11. The van der Waals surface area contributed by atoms with E-state index in [0.29, 0.717) is 22.5 Å². The van der Waals surface area contributed by atoms with E-state index in [0.717, 1.165) is 29.1 Å². The Morgan fingerprint density at radius 3 is 2.92 bits per heavy atom. The first-order chi connectivity index (χ1) is 11.7. The van der Waals surface area contributed by atoms with Crippen LogP contribution in [0, 0.1) is 0 Å². The molecule has 0 fully saturated rings. The lowest BCUT2D eigenvalue weighted by molar-refractivity contribution is 0.414. The second kappa shape index (κ2) is 5.80. The van der Waals surface area contributed by atoms with E-state index in [1.807, 2.05) is 30.3 Å². The predicted octanol–water partition coefficient (Wildman–Crippen LogP) is 4.00. The number of benzene rings is 2. The highest BCUT2D eigenvalue weighted by atomic mass is 35.5. The van der Waals surface area contributed by atoms with Gasteiger partial charge >= 0.3 is 0 Å². The van der Waals surface area contributed by atoms with Gasteiger partial charge in [0, 0.05) is 17.1 Å². The van der Waals surface area contributed by atoms with Crippen molar-refractivity contribution in [2.24, 2.45) is 0 Å². The lowest BCUT2D eigenvalue weighted by Crippen LogP contribution is -2.20. The normalized spacial score (nSPS) is 15.0. The molecule has 4 nitrogen and oxygen atoms in total. The van der Waals surface area contributed by atoms with Crippen LogP contribution in [0.25, 0.3) is 22.6 Å². The minimum absolute atomic E-state index is 0.0408. The summed E-state index contributed by atoms with van der Waals surface area (Å²) in [4.78, 5) is 17.4. The number of para-hydroxylation sites is 1. The van der Waals surface area contributed by atoms with E-state index in [1.165, 1.54) is 0 Å². The molecular weight excluding hydrogens is 324 g/mol. The number of hydrogen-bond donors (Lipinski definition) is 0. The smallest absolute Gasteiger partial charge is 0.261 e. The lowest BCUT2D eigenvalue weighted by atomic mass is 10.1. The van der Waals surface area contributed by atoms with Crippen LogP contribution in [0.5, 0.6) is 5.75 Å². The van der Waals surface area contributed by atoms with Crippen LogP contribution in [0.3, 0.4) is 0 Å². The average Bonchev–Trinajstić information content (AvgIpc) is 2.99. The van der Waals surface area contributed by atoms with Crippen molar-refractivity contribution in [1.29, 1.82) is 0 Å². The Labute approximate surface area is 144 Å². The molecule has 2 aromatic carbocycles. The summed E-state index contributed by atoms with van der Waals surface area (Å²) in [5.41, 5.74) is 2.65. The monoisotopic (exact) mass is 338 g/mol. The van der Waals surface area contributed by atoms with Gasteiger partial charge < -0.3 is 4.74 Å². The van der Waals surface area contributed by atoms with Crippen LogP contribution >= 0.6 is 11.6 Å². The van der Waals surface area contributed by atoms with E-state index in [4.69, 9.17) is 16.3 Å². The van der Waals surface area contributed by atoms with Crippen LogP contribution in [0.1, 0.15) is 17.8 Å². The molecule has 0 atom stereocenters. The maximum atomic E-state index is 12.7. The molecular formula is C19H15ClN2O2. The van der Waals surface area contributed by atoms with Crippen molar-refractivity contribution in [3.8, 4) is 5.75 Å². The number of methoxy groups -OCH3 is 1. The molecule has 4 rings (SSSR count). The number of ether oxygens (including phenoxy) is 1. The van der Waals surface area contributed by atoms with Gasteiger partial charge in [-0.3, -0.25) is 9.36 Å². The fourth-order valence-corrected chi connectivity index (χ4v) is 3.27. The predicted molar refractivity (Wildman–Crippen MR) is 96.5 cm³/mol. The van der Waals surface area contributed by atoms with Crippen LogP contribution in [0.15, 0.2) is 47.3 Å². The number of fused-ring (bicyclic) bond motifs is 2. The van der Waals surface area contributed by atoms with Gasteiger partial charge in [0.25, 0.3) is 5.56 Å². The number of allylic oxidation sites excluding steroid dienone is 1. The zero-order valence-electron chi connectivity index (χ0n) is 13.1. The van der Waals surface area contributed by atoms with Gasteiger partial charge in [-0.15, -0.1) is 0 Å². The Kier molecular flexibility index (Phi) is 3.62. The molecule has 5 heteroatoms. The molecule has 0 bridgehead atoms. The van der Waals surface area contributed by atoms with Crippen molar-refractivity contribution < 1.29 is 4.74 Å². The standard InChI is InChI=1S/C19H15ClN2O2/c1-24-17-5-3-2-4-12(17)10-13-8-9-22-18(13)21-16-7-6-14(20)11-15(16)19(22)23/h2-7,10-11H,8-9H2,1H3. The fourth-order valence-electron chi connectivity index (χ4n) is 3.10. The molecule has 24 heavy (non-hydrogen) atoms. The highest BCUT2D eigenvalue weighted by Gasteiger charge is 2.21. The van der Waals surface area contributed by atoms with Crippen molar-refractivity contribution in [3.63, 3.8) is 0 Å². The van der Waals surface area contributed by atoms with Gasteiger partial charge in [0.2, 0.25) is 0 Å². The first-order valence-corrected chi connectivity index (χ1v) is 8.09. The van der Waals surface area contributed by atoms with Crippen molar-refractivity contribution in [3.05, 3.63) is 69.2 Å². The second-order valence-corrected chi connectivity index (χ2v) is 6.15. The third-order valence-electron chi connectivity index (χ3n) is 4.28. The van der Waals surface area contributed by atoms with Crippen LogP contribution in [0.2, 0.25) is 5.02 Å². The highest BCUT2D eigenvalue weighted by molar-refractivity contribution is 6.31. The maximum Gasteiger partial charge on any atom is 0.261 e. The van der Waals surface area contributed by atoms with Crippen molar-refractivity contribution in [2.75, 3.05) is 7.11 Å². The maximum absolute atomic E-state index is 12.7. The van der Waals surface area contributed by atoms with Crippen molar-refractivity contribution >= 4 is 34.2 Å². The summed E-state index contributed by atoms with van der Waals surface area (Å²) in [6.45, 7) is 0.630.